The number of carboxylic acids is 1. The Hall–Kier alpha value is -2.48. The van der Waals surface area contributed by atoms with E-state index in [-0.39, 0.29) is 28.3 Å². The van der Waals surface area contributed by atoms with Gasteiger partial charge in [-0.25, -0.2) is 14.2 Å². The Bertz CT molecular complexity index is 954. The maximum absolute atomic E-state index is 15.4. The Morgan fingerprint density at radius 2 is 2.19 bits per heavy atom. The highest BCUT2D eigenvalue weighted by Gasteiger charge is 2.31. The average molecular weight is 374 g/mol. The first kappa shape index (κ1) is 17.9. The molecule has 3 heterocycles. The molecule has 0 aromatic carbocycles. The van der Waals surface area contributed by atoms with Gasteiger partial charge in [0.1, 0.15) is 5.56 Å². The average Bonchev–Trinajstić information content (AvgIpc) is 3.39. The zero-order valence-electron chi connectivity index (χ0n) is 15.2. The monoisotopic (exact) mass is 374 g/mol. The molecule has 4 rings (SSSR count). The van der Waals surface area contributed by atoms with Crippen molar-refractivity contribution in [2.24, 2.45) is 5.92 Å². The third-order valence-electron chi connectivity index (χ3n) is 5.43. The summed E-state index contributed by atoms with van der Waals surface area (Å²) in [5.74, 6) is -1.15. The number of nitrogens with zero attached hydrogens (tertiary/aromatic N) is 3. The van der Waals surface area contributed by atoms with Crippen LogP contribution in [0.5, 0.6) is 0 Å². The van der Waals surface area contributed by atoms with Crippen LogP contribution in [0.15, 0.2) is 17.2 Å². The van der Waals surface area contributed by atoms with Crippen molar-refractivity contribution in [2.45, 2.75) is 32.2 Å². The van der Waals surface area contributed by atoms with Crippen LogP contribution in [-0.2, 0) is 0 Å². The van der Waals surface area contributed by atoms with Crippen molar-refractivity contribution in [1.29, 1.82) is 0 Å². The number of hydrogen-bond donors (Lipinski definition) is 2. The van der Waals surface area contributed by atoms with Gasteiger partial charge in [0.25, 0.3) is 0 Å². The maximum atomic E-state index is 15.4. The molecule has 2 N–H and O–H groups in total. The van der Waals surface area contributed by atoms with Crippen LogP contribution < -0.4 is 15.6 Å². The zero-order valence-corrected chi connectivity index (χ0v) is 15.2. The summed E-state index contributed by atoms with van der Waals surface area (Å²) >= 11 is 0. The minimum Gasteiger partial charge on any atom is -0.477 e. The molecule has 2 aromatic heterocycles. The second-order valence-electron chi connectivity index (χ2n) is 7.38. The topological polar surface area (TPSA) is 87.5 Å². The van der Waals surface area contributed by atoms with Crippen LogP contribution in [0.2, 0.25) is 0 Å². The summed E-state index contributed by atoms with van der Waals surface area (Å²) in [4.78, 5) is 30.0. The highest BCUT2D eigenvalue weighted by atomic mass is 19.1. The predicted octanol–water partition coefficient (Wildman–Crippen LogP) is 2.00. The Morgan fingerprint density at radius 3 is 2.85 bits per heavy atom. The second kappa shape index (κ2) is 6.92. The molecule has 7 nitrogen and oxygen atoms in total. The Morgan fingerprint density at radius 1 is 1.41 bits per heavy atom. The number of carboxylic acid groups (broad SMARTS) is 1. The van der Waals surface area contributed by atoms with Crippen LogP contribution >= 0.6 is 0 Å². The molecule has 8 heteroatoms. The van der Waals surface area contributed by atoms with E-state index in [4.69, 9.17) is 0 Å². The van der Waals surface area contributed by atoms with Gasteiger partial charge in [-0.2, -0.15) is 0 Å². The molecule has 0 radical (unpaired) electrons. The number of pyridine rings is 2. The number of rotatable bonds is 6. The second-order valence-corrected chi connectivity index (χ2v) is 7.38. The van der Waals surface area contributed by atoms with Crippen LogP contribution in [0, 0.1) is 11.7 Å². The van der Waals surface area contributed by atoms with E-state index in [1.807, 2.05) is 4.90 Å². The van der Waals surface area contributed by atoms with E-state index in [0.717, 1.165) is 32.4 Å². The van der Waals surface area contributed by atoms with E-state index in [2.05, 4.69) is 17.2 Å². The number of carbonyl (C=O) groups is 1. The van der Waals surface area contributed by atoms with E-state index in [9.17, 15) is 14.7 Å². The smallest absolute Gasteiger partial charge is 0.341 e. The SMILES string of the molecule is CCNCC1CCN(c2ncc3c(=O)c(C(=O)O)cn(C4CC4)c3c2F)C1. The fourth-order valence-corrected chi connectivity index (χ4v) is 3.85. The molecule has 1 aliphatic heterocycles. The summed E-state index contributed by atoms with van der Waals surface area (Å²) in [6, 6.07) is 0.0380. The standard InChI is InChI=1S/C19H23FN4O3/c1-2-21-7-11-5-6-23(9-11)18-15(20)16-13(8-22-18)17(25)14(19(26)27)10-24(16)12-3-4-12/h8,10-12,21H,2-7,9H2,1H3,(H,26,27). The molecule has 27 heavy (non-hydrogen) atoms. The van der Waals surface area contributed by atoms with Gasteiger partial charge in [-0.05, 0) is 38.3 Å². The normalized spacial score (nSPS) is 19.8. The molecule has 144 valence electrons. The molecular weight excluding hydrogens is 351 g/mol. The van der Waals surface area contributed by atoms with Gasteiger partial charge in [0.2, 0.25) is 5.43 Å². The lowest BCUT2D eigenvalue weighted by Crippen LogP contribution is -2.27. The van der Waals surface area contributed by atoms with Crippen molar-refractivity contribution >= 4 is 22.7 Å². The Labute approximate surface area is 155 Å². The highest BCUT2D eigenvalue weighted by molar-refractivity contribution is 5.93. The lowest BCUT2D eigenvalue weighted by Gasteiger charge is -2.20. The van der Waals surface area contributed by atoms with Crippen LogP contribution in [0.25, 0.3) is 10.9 Å². The van der Waals surface area contributed by atoms with Gasteiger partial charge in [-0.1, -0.05) is 6.92 Å². The van der Waals surface area contributed by atoms with Crippen molar-refractivity contribution in [3.8, 4) is 0 Å². The first-order valence-corrected chi connectivity index (χ1v) is 9.43. The molecule has 1 aliphatic carbocycles. The molecule has 2 aromatic rings. The summed E-state index contributed by atoms with van der Waals surface area (Å²) in [6.45, 7) is 5.27. The Balaban J connectivity index is 1.78. The fraction of sp³-hybridized carbons (Fsp3) is 0.526. The minimum absolute atomic E-state index is 0.0337. The predicted molar refractivity (Wildman–Crippen MR) is 100 cm³/mol. The summed E-state index contributed by atoms with van der Waals surface area (Å²) < 4.78 is 17.1. The van der Waals surface area contributed by atoms with Crippen molar-refractivity contribution in [3.05, 3.63) is 34.0 Å². The summed E-state index contributed by atoms with van der Waals surface area (Å²) in [5, 5.41) is 12.7. The van der Waals surface area contributed by atoms with E-state index in [0.29, 0.717) is 19.0 Å². The van der Waals surface area contributed by atoms with E-state index in [1.54, 1.807) is 4.57 Å². The number of aromatic nitrogens is 2. The fourth-order valence-electron chi connectivity index (χ4n) is 3.85. The van der Waals surface area contributed by atoms with Gasteiger partial charge in [0.15, 0.2) is 11.6 Å². The molecule has 1 saturated carbocycles. The van der Waals surface area contributed by atoms with Crippen LogP contribution in [0.4, 0.5) is 10.2 Å². The number of nitrogens with one attached hydrogen (secondary N) is 1. The third kappa shape index (κ3) is 3.18. The van der Waals surface area contributed by atoms with Crippen LogP contribution in [0.3, 0.4) is 0 Å². The summed E-state index contributed by atoms with van der Waals surface area (Å²) in [7, 11) is 0. The van der Waals surface area contributed by atoms with Crippen molar-refractivity contribution in [1.82, 2.24) is 14.9 Å². The van der Waals surface area contributed by atoms with Crippen molar-refractivity contribution < 1.29 is 14.3 Å². The number of hydrogen-bond acceptors (Lipinski definition) is 5. The molecule has 0 bridgehead atoms. The number of anilines is 1. The molecule has 2 fully saturated rings. The number of halogens is 1. The van der Waals surface area contributed by atoms with Gasteiger partial charge < -0.3 is 19.9 Å². The van der Waals surface area contributed by atoms with Crippen molar-refractivity contribution in [2.75, 3.05) is 31.1 Å². The lowest BCUT2D eigenvalue weighted by atomic mass is 10.1. The van der Waals surface area contributed by atoms with E-state index in [1.165, 1.54) is 12.4 Å². The summed E-state index contributed by atoms with van der Waals surface area (Å²) in [5.41, 5.74) is -0.846. The Kier molecular flexibility index (Phi) is 4.59. The quantitative estimate of drug-likeness (QED) is 0.804. The maximum Gasteiger partial charge on any atom is 0.341 e. The van der Waals surface area contributed by atoms with Gasteiger partial charge in [0.05, 0.1) is 10.9 Å². The molecule has 1 atom stereocenters. The highest BCUT2D eigenvalue weighted by Crippen LogP contribution is 2.38. The number of aromatic carboxylic acids is 1. The van der Waals surface area contributed by atoms with Gasteiger partial charge in [0, 0.05) is 31.5 Å². The van der Waals surface area contributed by atoms with E-state index < -0.39 is 17.2 Å². The first-order chi connectivity index (χ1) is 13.0. The zero-order chi connectivity index (χ0) is 19.1. The minimum atomic E-state index is -1.30. The third-order valence-corrected chi connectivity index (χ3v) is 5.43. The van der Waals surface area contributed by atoms with Crippen molar-refractivity contribution in [3.63, 3.8) is 0 Å². The largest absolute Gasteiger partial charge is 0.477 e. The molecule has 2 aliphatic rings. The first-order valence-electron chi connectivity index (χ1n) is 9.43. The van der Waals surface area contributed by atoms with Gasteiger partial charge in [-0.3, -0.25) is 4.79 Å². The molecule has 1 unspecified atom stereocenters. The number of fused-ring (bicyclic) bond motifs is 1. The lowest BCUT2D eigenvalue weighted by molar-refractivity contribution is 0.0695. The van der Waals surface area contributed by atoms with Gasteiger partial charge >= 0.3 is 5.97 Å². The van der Waals surface area contributed by atoms with Gasteiger partial charge in [-0.15, -0.1) is 0 Å². The molecule has 1 saturated heterocycles. The van der Waals surface area contributed by atoms with E-state index >= 15 is 4.39 Å². The van der Waals surface area contributed by atoms with Crippen LogP contribution in [0.1, 0.15) is 42.6 Å². The molecule has 0 amide bonds. The van der Waals surface area contributed by atoms with Crippen LogP contribution in [-0.4, -0.2) is 46.8 Å². The summed E-state index contributed by atoms with van der Waals surface area (Å²) in [6.07, 6.45) is 5.28. The molecule has 0 spiro atoms. The molecular formula is C19H23FN4O3.